The van der Waals surface area contributed by atoms with Gasteiger partial charge in [-0.3, -0.25) is 4.90 Å². The molecule has 0 saturated carbocycles. The molecule has 2 aliphatic rings. The van der Waals surface area contributed by atoms with E-state index in [0.717, 1.165) is 39.1 Å². The number of nitrogens with zero attached hydrogens (tertiary/aromatic N) is 1. The Morgan fingerprint density at radius 1 is 1.50 bits per heavy atom. The van der Waals surface area contributed by atoms with Crippen molar-refractivity contribution in [1.29, 1.82) is 0 Å². The number of likely N-dealkylation sites (tertiary alicyclic amines) is 1. The van der Waals surface area contributed by atoms with Crippen molar-refractivity contribution in [2.24, 2.45) is 5.92 Å². The van der Waals surface area contributed by atoms with Crippen LogP contribution in [0, 0.1) is 5.92 Å². The summed E-state index contributed by atoms with van der Waals surface area (Å²) in [4.78, 5) is 3.81. The lowest BCUT2D eigenvalue weighted by Crippen LogP contribution is -2.64. The monoisotopic (exact) mass is 344 g/mol. The summed E-state index contributed by atoms with van der Waals surface area (Å²) in [5.74, 6) is 0.611. The van der Waals surface area contributed by atoms with Crippen LogP contribution in [0.5, 0.6) is 0 Å². The molecule has 0 aromatic carbocycles. The predicted molar refractivity (Wildman–Crippen MR) is 88.5 cm³/mol. The molecule has 22 heavy (non-hydrogen) atoms. The standard InChI is InChI=1S/C15H24N2O3S2/c1-2-22(18,19)16-7-5-13-6-8-20-15(13)11-17(12-15)10-14-4-3-9-21-14/h3-4,9,13,16H,2,5-8,10-12H2,1H3/t13-/m0/s1. The number of thiophene rings is 1. The first kappa shape index (κ1) is 16.4. The van der Waals surface area contributed by atoms with Gasteiger partial charge in [-0.2, -0.15) is 0 Å². The van der Waals surface area contributed by atoms with Gasteiger partial charge < -0.3 is 4.74 Å². The summed E-state index contributed by atoms with van der Waals surface area (Å²) < 4.78 is 31.7. The van der Waals surface area contributed by atoms with Gasteiger partial charge in [0.25, 0.3) is 0 Å². The van der Waals surface area contributed by atoms with Crippen molar-refractivity contribution in [3.63, 3.8) is 0 Å². The molecule has 1 atom stereocenters. The minimum absolute atomic E-state index is 0.0328. The summed E-state index contributed by atoms with van der Waals surface area (Å²) in [7, 11) is -3.08. The lowest BCUT2D eigenvalue weighted by atomic mass is 9.79. The number of sulfonamides is 1. The lowest BCUT2D eigenvalue weighted by Gasteiger charge is -2.50. The summed E-state index contributed by atoms with van der Waals surface area (Å²) in [6, 6.07) is 4.26. The van der Waals surface area contributed by atoms with Gasteiger partial charge in [-0.15, -0.1) is 11.3 Å². The fourth-order valence-corrected chi connectivity index (χ4v) is 4.86. The SMILES string of the molecule is CCS(=O)(=O)NCC[C@H]1CCOC12CN(Cc1cccs1)C2. The van der Waals surface area contributed by atoms with Gasteiger partial charge in [0.05, 0.1) is 11.4 Å². The van der Waals surface area contributed by atoms with Crippen LogP contribution in [0.1, 0.15) is 24.6 Å². The molecule has 0 aliphatic carbocycles. The van der Waals surface area contributed by atoms with E-state index in [9.17, 15) is 8.42 Å². The van der Waals surface area contributed by atoms with Gasteiger partial charge in [-0.25, -0.2) is 13.1 Å². The zero-order valence-corrected chi connectivity index (χ0v) is 14.6. The molecule has 1 aromatic heterocycles. The molecule has 3 heterocycles. The summed E-state index contributed by atoms with van der Waals surface area (Å²) in [5.41, 5.74) is -0.0328. The van der Waals surface area contributed by atoms with Crippen LogP contribution in [0.3, 0.4) is 0 Å². The highest BCUT2D eigenvalue weighted by Crippen LogP contribution is 2.42. The topological polar surface area (TPSA) is 58.6 Å². The first-order valence-electron chi connectivity index (χ1n) is 7.89. The van der Waals surface area contributed by atoms with Crippen LogP contribution in [-0.2, 0) is 21.3 Å². The van der Waals surface area contributed by atoms with Gasteiger partial charge >= 0.3 is 0 Å². The van der Waals surface area contributed by atoms with E-state index in [4.69, 9.17) is 4.74 Å². The van der Waals surface area contributed by atoms with Crippen molar-refractivity contribution >= 4 is 21.4 Å². The molecule has 0 radical (unpaired) electrons. The Bertz CT molecular complexity index is 580. The second-order valence-electron chi connectivity index (χ2n) is 6.21. The van der Waals surface area contributed by atoms with Gasteiger partial charge in [0.15, 0.2) is 0 Å². The molecule has 2 fully saturated rings. The molecule has 2 saturated heterocycles. The van der Waals surface area contributed by atoms with Crippen molar-refractivity contribution in [3.05, 3.63) is 22.4 Å². The minimum Gasteiger partial charge on any atom is -0.372 e. The third-order valence-corrected chi connectivity index (χ3v) is 7.00. The third-order valence-electron chi connectivity index (χ3n) is 4.74. The Kier molecular flexibility index (Phi) is 4.89. The largest absolute Gasteiger partial charge is 0.372 e. The first-order chi connectivity index (χ1) is 10.5. The second-order valence-corrected chi connectivity index (χ2v) is 9.34. The summed E-state index contributed by atoms with van der Waals surface area (Å²) >= 11 is 1.79. The summed E-state index contributed by atoms with van der Waals surface area (Å²) in [6.45, 7) is 5.93. The van der Waals surface area contributed by atoms with E-state index in [0.29, 0.717) is 12.5 Å². The van der Waals surface area contributed by atoms with Gasteiger partial charge in [-0.1, -0.05) is 6.07 Å². The van der Waals surface area contributed by atoms with Crippen LogP contribution >= 0.6 is 11.3 Å². The average molecular weight is 345 g/mol. The highest BCUT2D eigenvalue weighted by molar-refractivity contribution is 7.89. The van der Waals surface area contributed by atoms with Gasteiger partial charge in [0.2, 0.25) is 10.0 Å². The van der Waals surface area contributed by atoms with Gasteiger partial charge in [0, 0.05) is 37.7 Å². The average Bonchev–Trinajstić information content (AvgIpc) is 3.08. The Hall–Kier alpha value is -0.470. The molecule has 5 nitrogen and oxygen atoms in total. The van der Waals surface area contributed by atoms with Crippen molar-refractivity contribution < 1.29 is 13.2 Å². The summed E-state index contributed by atoms with van der Waals surface area (Å²) in [5, 5.41) is 2.11. The second kappa shape index (κ2) is 6.57. The maximum Gasteiger partial charge on any atom is 0.211 e. The van der Waals surface area contributed by atoms with Crippen molar-refractivity contribution in [3.8, 4) is 0 Å². The molecule has 0 unspecified atom stereocenters. The Balaban J connectivity index is 1.47. The molecular weight excluding hydrogens is 320 g/mol. The number of hydrogen-bond acceptors (Lipinski definition) is 5. The smallest absolute Gasteiger partial charge is 0.211 e. The fourth-order valence-electron chi connectivity index (χ4n) is 3.48. The van der Waals surface area contributed by atoms with E-state index in [1.54, 1.807) is 18.3 Å². The molecule has 0 amide bonds. The zero-order chi connectivity index (χ0) is 15.6. The van der Waals surface area contributed by atoms with Gasteiger partial charge in [-0.05, 0) is 37.1 Å². The van der Waals surface area contributed by atoms with Crippen LogP contribution in [0.15, 0.2) is 17.5 Å². The van der Waals surface area contributed by atoms with Crippen LogP contribution in [0.25, 0.3) is 0 Å². The molecule has 2 aliphatic heterocycles. The molecule has 1 aromatic rings. The van der Waals surface area contributed by atoms with E-state index < -0.39 is 10.0 Å². The first-order valence-corrected chi connectivity index (χ1v) is 10.4. The highest BCUT2D eigenvalue weighted by Gasteiger charge is 2.52. The summed E-state index contributed by atoms with van der Waals surface area (Å²) in [6.07, 6.45) is 1.91. The third kappa shape index (κ3) is 3.54. The quantitative estimate of drug-likeness (QED) is 0.817. The van der Waals surface area contributed by atoms with Crippen LogP contribution in [0.2, 0.25) is 0 Å². The number of hydrogen-bond donors (Lipinski definition) is 1. The molecule has 124 valence electrons. The van der Waals surface area contributed by atoms with Gasteiger partial charge in [0.1, 0.15) is 0 Å². The number of nitrogens with one attached hydrogen (secondary N) is 1. The highest BCUT2D eigenvalue weighted by atomic mass is 32.2. The van der Waals surface area contributed by atoms with E-state index in [1.807, 2.05) is 0 Å². The van der Waals surface area contributed by atoms with Crippen molar-refractivity contribution in [2.45, 2.75) is 31.9 Å². The lowest BCUT2D eigenvalue weighted by molar-refractivity contribution is -0.136. The fraction of sp³-hybridized carbons (Fsp3) is 0.733. The Morgan fingerprint density at radius 2 is 2.32 bits per heavy atom. The van der Waals surface area contributed by atoms with Crippen LogP contribution in [0.4, 0.5) is 0 Å². The Morgan fingerprint density at radius 3 is 3.00 bits per heavy atom. The van der Waals surface area contributed by atoms with Crippen molar-refractivity contribution in [1.82, 2.24) is 9.62 Å². The molecule has 1 N–H and O–H groups in total. The Labute approximate surface area is 136 Å². The number of rotatable bonds is 7. The maximum atomic E-state index is 11.5. The molecule has 3 rings (SSSR count). The molecule has 0 bridgehead atoms. The molecule has 1 spiro atoms. The molecular formula is C15H24N2O3S2. The van der Waals surface area contributed by atoms with E-state index in [2.05, 4.69) is 27.1 Å². The van der Waals surface area contributed by atoms with E-state index in [-0.39, 0.29) is 11.4 Å². The molecule has 7 heteroatoms. The van der Waals surface area contributed by atoms with Crippen LogP contribution in [-0.4, -0.2) is 50.9 Å². The van der Waals surface area contributed by atoms with Crippen molar-refractivity contribution in [2.75, 3.05) is 32.0 Å². The number of ether oxygens (including phenoxy) is 1. The zero-order valence-electron chi connectivity index (χ0n) is 13.0. The predicted octanol–water partition coefficient (Wildman–Crippen LogP) is 1.67. The van der Waals surface area contributed by atoms with Crippen LogP contribution < -0.4 is 4.72 Å². The van der Waals surface area contributed by atoms with E-state index in [1.165, 1.54) is 4.88 Å². The maximum absolute atomic E-state index is 11.5. The normalized spacial score (nSPS) is 24.7. The minimum atomic E-state index is -3.08. The van der Waals surface area contributed by atoms with E-state index >= 15 is 0 Å².